The zero-order chi connectivity index (χ0) is 23.4. The Bertz CT molecular complexity index is 707. The number of nitrogens with one attached hydrogen (secondary N) is 2. The van der Waals surface area contributed by atoms with E-state index in [-0.39, 0.29) is 23.1 Å². The molecule has 1 fully saturated rings. The van der Waals surface area contributed by atoms with Crippen LogP contribution in [0.25, 0.3) is 0 Å². The van der Waals surface area contributed by atoms with Gasteiger partial charge in [-0.1, -0.05) is 66.2 Å². The maximum absolute atomic E-state index is 12.4. The van der Waals surface area contributed by atoms with Crippen LogP contribution in [0.3, 0.4) is 0 Å². The zero-order valence-electron chi connectivity index (χ0n) is 20.2. The third-order valence-corrected chi connectivity index (χ3v) is 6.20. The highest BCUT2D eigenvalue weighted by molar-refractivity contribution is 7.13. The van der Waals surface area contributed by atoms with Gasteiger partial charge in [-0.25, -0.2) is 0 Å². The molecule has 0 saturated heterocycles. The molecule has 1 aromatic heterocycles. The number of thiophene rings is 1. The Kier molecular flexibility index (Phi) is 11.8. The summed E-state index contributed by atoms with van der Waals surface area (Å²) in [6.45, 7) is 10.5. The van der Waals surface area contributed by atoms with Gasteiger partial charge in [0.2, 0.25) is 11.8 Å². The summed E-state index contributed by atoms with van der Waals surface area (Å²) in [5.41, 5.74) is 1.39. The highest BCUT2D eigenvalue weighted by Crippen LogP contribution is 2.27. The van der Waals surface area contributed by atoms with Crippen LogP contribution in [0.4, 0.5) is 5.69 Å². The molecule has 0 spiro atoms. The molecule has 2 N–H and O–H groups in total. The number of rotatable bonds is 7. The van der Waals surface area contributed by atoms with E-state index in [2.05, 4.69) is 10.6 Å². The van der Waals surface area contributed by atoms with E-state index < -0.39 is 0 Å². The summed E-state index contributed by atoms with van der Waals surface area (Å²) in [7, 11) is 1.74. The Hall–Kier alpha value is -1.89. The minimum absolute atomic E-state index is 0.0598. The van der Waals surface area contributed by atoms with Crippen molar-refractivity contribution in [2.45, 2.75) is 86.0 Å². The van der Waals surface area contributed by atoms with E-state index in [9.17, 15) is 14.4 Å². The highest BCUT2D eigenvalue weighted by Gasteiger charge is 2.20. The summed E-state index contributed by atoms with van der Waals surface area (Å²) < 4.78 is 0. The maximum Gasteiger partial charge on any atom is 0.263 e. The quantitative estimate of drug-likeness (QED) is 0.585. The molecular weight excluding hydrogens is 410 g/mol. The smallest absolute Gasteiger partial charge is 0.263 e. The van der Waals surface area contributed by atoms with Gasteiger partial charge in [-0.05, 0) is 23.3 Å². The van der Waals surface area contributed by atoms with Crippen LogP contribution < -0.4 is 10.6 Å². The van der Waals surface area contributed by atoms with Crippen molar-refractivity contribution >= 4 is 34.7 Å². The zero-order valence-corrected chi connectivity index (χ0v) is 21.0. The average Bonchev–Trinajstić information content (AvgIpc) is 3.08. The minimum atomic E-state index is -0.235. The molecule has 31 heavy (non-hydrogen) atoms. The standard InChI is InChI=1S/C18H29N3O3S.C6H12/c1-7-13(22)20-15-12(2)11-25-16(15)17(24)19-8-9-21(6)14(23)10-18(3,4)5;1-2-4-6-5-3-1/h11H,7-10H2,1-6H3,(H,19,24)(H,20,22);1-6H2. The number of hydrogen-bond acceptors (Lipinski definition) is 4. The molecule has 6 nitrogen and oxygen atoms in total. The van der Waals surface area contributed by atoms with Gasteiger partial charge in [0, 0.05) is 33.0 Å². The Morgan fingerprint density at radius 2 is 1.61 bits per heavy atom. The van der Waals surface area contributed by atoms with Crippen LogP contribution in [-0.4, -0.2) is 42.8 Å². The average molecular weight is 452 g/mol. The third kappa shape index (κ3) is 10.8. The summed E-state index contributed by atoms with van der Waals surface area (Å²) in [5, 5.41) is 7.44. The van der Waals surface area contributed by atoms with Gasteiger partial charge in [-0.2, -0.15) is 0 Å². The Morgan fingerprint density at radius 3 is 2.10 bits per heavy atom. The van der Waals surface area contributed by atoms with Crippen molar-refractivity contribution in [3.05, 3.63) is 15.8 Å². The molecule has 1 saturated carbocycles. The van der Waals surface area contributed by atoms with Crippen LogP contribution in [-0.2, 0) is 9.59 Å². The largest absolute Gasteiger partial charge is 0.349 e. The number of carbonyl (C=O) groups is 3. The first-order valence-electron chi connectivity index (χ1n) is 11.4. The predicted octanol–water partition coefficient (Wildman–Crippen LogP) is 5.37. The molecule has 2 rings (SSSR count). The number of hydrogen-bond donors (Lipinski definition) is 2. The van der Waals surface area contributed by atoms with Crippen molar-refractivity contribution in [3.63, 3.8) is 0 Å². The monoisotopic (exact) mass is 451 g/mol. The molecule has 1 aliphatic rings. The molecular formula is C24H41N3O3S. The second-order valence-electron chi connectivity index (χ2n) is 9.45. The topological polar surface area (TPSA) is 78.5 Å². The second kappa shape index (κ2) is 13.5. The summed E-state index contributed by atoms with van der Waals surface area (Å²) in [6.07, 6.45) is 9.83. The van der Waals surface area contributed by atoms with Gasteiger partial charge in [0.15, 0.2) is 0 Å². The van der Waals surface area contributed by atoms with Gasteiger partial charge in [0.05, 0.1) is 5.69 Å². The van der Waals surface area contributed by atoms with E-state index in [1.807, 2.05) is 33.1 Å². The maximum atomic E-state index is 12.4. The van der Waals surface area contributed by atoms with Crippen LogP contribution >= 0.6 is 11.3 Å². The first kappa shape index (κ1) is 27.1. The van der Waals surface area contributed by atoms with Crippen molar-refractivity contribution in [2.75, 3.05) is 25.5 Å². The lowest BCUT2D eigenvalue weighted by atomic mass is 9.92. The van der Waals surface area contributed by atoms with Gasteiger partial charge in [-0.3, -0.25) is 14.4 Å². The summed E-state index contributed by atoms with van der Waals surface area (Å²) in [6, 6.07) is 0. The van der Waals surface area contributed by atoms with E-state index in [0.717, 1.165) is 5.56 Å². The number of carbonyl (C=O) groups excluding carboxylic acids is 3. The lowest BCUT2D eigenvalue weighted by molar-refractivity contribution is -0.131. The Morgan fingerprint density at radius 1 is 1.06 bits per heavy atom. The van der Waals surface area contributed by atoms with E-state index in [1.165, 1.54) is 49.9 Å². The molecule has 176 valence electrons. The first-order chi connectivity index (χ1) is 14.5. The summed E-state index contributed by atoms with van der Waals surface area (Å²) in [5.74, 6) is -0.297. The fourth-order valence-corrected chi connectivity index (χ4v) is 4.11. The minimum Gasteiger partial charge on any atom is -0.349 e. The van der Waals surface area contributed by atoms with Gasteiger partial charge in [0.25, 0.3) is 5.91 Å². The molecule has 3 amide bonds. The number of nitrogens with zero attached hydrogens (tertiary/aromatic N) is 1. The molecule has 0 bridgehead atoms. The van der Waals surface area contributed by atoms with Gasteiger partial charge in [-0.15, -0.1) is 11.3 Å². The molecule has 1 aromatic rings. The number of anilines is 1. The fraction of sp³-hybridized carbons (Fsp3) is 0.708. The molecule has 0 unspecified atom stereocenters. The SMILES string of the molecule is C1CCCCC1.CCC(=O)Nc1c(C)csc1C(=O)NCCN(C)C(=O)CC(C)(C)C. The van der Waals surface area contributed by atoms with E-state index in [4.69, 9.17) is 0 Å². The molecule has 0 aliphatic heterocycles. The highest BCUT2D eigenvalue weighted by atomic mass is 32.1. The fourth-order valence-electron chi connectivity index (χ4n) is 3.19. The third-order valence-electron chi connectivity index (χ3n) is 5.11. The second-order valence-corrected chi connectivity index (χ2v) is 10.3. The van der Waals surface area contributed by atoms with E-state index in [0.29, 0.717) is 36.5 Å². The summed E-state index contributed by atoms with van der Waals surface area (Å²) >= 11 is 1.30. The van der Waals surface area contributed by atoms with Crippen LogP contribution in [0, 0.1) is 12.3 Å². The van der Waals surface area contributed by atoms with Crippen molar-refractivity contribution in [3.8, 4) is 0 Å². The number of amides is 3. The lowest BCUT2D eigenvalue weighted by Gasteiger charge is -2.23. The van der Waals surface area contributed by atoms with Crippen LogP contribution in [0.1, 0.15) is 94.3 Å². The Balaban J connectivity index is 0.000000683. The molecule has 0 aromatic carbocycles. The summed E-state index contributed by atoms with van der Waals surface area (Å²) in [4.78, 5) is 38.2. The molecule has 1 heterocycles. The normalized spacial score (nSPS) is 13.6. The van der Waals surface area contributed by atoms with Crippen LogP contribution in [0.5, 0.6) is 0 Å². The predicted molar refractivity (Wildman–Crippen MR) is 130 cm³/mol. The van der Waals surface area contributed by atoms with Crippen molar-refractivity contribution in [1.29, 1.82) is 0 Å². The van der Waals surface area contributed by atoms with Crippen molar-refractivity contribution < 1.29 is 14.4 Å². The molecule has 0 radical (unpaired) electrons. The van der Waals surface area contributed by atoms with E-state index in [1.54, 1.807) is 18.9 Å². The van der Waals surface area contributed by atoms with Crippen molar-refractivity contribution in [1.82, 2.24) is 10.2 Å². The molecule has 7 heteroatoms. The van der Waals surface area contributed by atoms with Gasteiger partial charge >= 0.3 is 0 Å². The van der Waals surface area contributed by atoms with Gasteiger partial charge in [0.1, 0.15) is 4.88 Å². The van der Waals surface area contributed by atoms with Gasteiger partial charge < -0.3 is 15.5 Å². The number of likely N-dealkylation sites (N-methyl/N-ethyl adjacent to an activating group) is 1. The van der Waals surface area contributed by atoms with Crippen molar-refractivity contribution in [2.24, 2.45) is 5.41 Å². The van der Waals surface area contributed by atoms with E-state index >= 15 is 0 Å². The van der Waals surface area contributed by atoms with Crippen LogP contribution in [0.15, 0.2) is 5.38 Å². The lowest BCUT2D eigenvalue weighted by Crippen LogP contribution is -2.37. The molecule has 0 atom stereocenters. The van der Waals surface area contributed by atoms with Crippen LogP contribution in [0.2, 0.25) is 0 Å². The first-order valence-corrected chi connectivity index (χ1v) is 12.3. The molecule has 1 aliphatic carbocycles. The Labute approximate surface area is 192 Å². The number of aryl methyl sites for hydroxylation is 1.